The second-order valence-corrected chi connectivity index (χ2v) is 5.29. The SMILES string of the molecule is COc1ccsc1C(Cl)c1cc(F)c(F)cc1Cl. The van der Waals surface area contributed by atoms with Crippen molar-refractivity contribution < 1.29 is 13.5 Å². The Bertz CT molecular complexity index is 571. The number of thiophene rings is 1. The van der Waals surface area contributed by atoms with Crippen molar-refractivity contribution in [2.75, 3.05) is 7.11 Å². The lowest BCUT2D eigenvalue weighted by molar-refractivity contribution is 0.412. The number of halogens is 4. The summed E-state index contributed by atoms with van der Waals surface area (Å²) in [6.45, 7) is 0. The molecule has 0 aliphatic rings. The van der Waals surface area contributed by atoms with Crippen molar-refractivity contribution in [1.82, 2.24) is 0 Å². The average molecular weight is 309 g/mol. The van der Waals surface area contributed by atoms with Crippen molar-refractivity contribution in [1.29, 1.82) is 0 Å². The lowest BCUT2D eigenvalue weighted by Gasteiger charge is -2.12. The summed E-state index contributed by atoms with van der Waals surface area (Å²) in [7, 11) is 1.52. The highest BCUT2D eigenvalue weighted by molar-refractivity contribution is 7.10. The Labute approximate surface area is 117 Å². The maximum absolute atomic E-state index is 13.2. The number of hydrogen-bond acceptors (Lipinski definition) is 2. The van der Waals surface area contributed by atoms with Gasteiger partial charge in [-0.2, -0.15) is 0 Å². The molecule has 1 aromatic heterocycles. The first kappa shape index (κ1) is 13.6. The predicted molar refractivity (Wildman–Crippen MR) is 69.9 cm³/mol. The van der Waals surface area contributed by atoms with Gasteiger partial charge in [0, 0.05) is 5.02 Å². The van der Waals surface area contributed by atoms with Gasteiger partial charge in [0.25, 0.3) is 0 Å². The van der Waals surface area contributed by atoms with Crippen LogP contribution in [0.15, 0.2) is 23.6 Å². The van der Waals surface area contributed by atoms with Crippen LogP contribution in [0.4, 0.5) is 8.78 Å². The molecule has 1 heterocycles. The van der Waals surface area contributed by atoms with Gasteiger partial charge < -0.3 is 4.74 Å². The first-order chi connectivity index (χ1) is 8.54. The zero-order chi connectivity index (χ0) is 13.3. The highest BCUT2D eigenvalue weighted by atomic mass is 35.5. The second-order valence-electron chi connectivity index (χ2n) is 3.50. The standard InChI is InChI=1S/C12H8Cl2F2OS/c1-17-10-2-3-18-12(10)11(14)6-4-8(15)9(16)5-7(6)13/h2-5,11H,1H3. The molecule has 2 aromatic rings. The molecule has 1 atom stereocenters. The Morgan fingerprint density at radius 1 is 1.28 bits per heavy atom. The molecule has 0 aliphatic heterocycles. The van der Waals surface area contributed by atoms with Gasteiger partial charge in [-0.15, -0.1) is 22.9 Å². The van der Waals surface area contributed by atoms with E-state index in [0.29, 0.717) is 16.2 Å². The first-order valence-electron chi connectivity index (χ1n) is 4.94. The van der Waals surface area contributed by atoms with Crippen LogP contribution in [-0.2, 0) is 0 Å². The summed E-state index contributed by atoms with van der Waals surface area (Å²) in [5, 5.41) is 1.21. The summed E-state index contributed by atoms with van der Waals surface area (Å²) in [5.74, 6) is -1.37. The van der Waals surface area contributed by atoms with E-state index in [2.05, 4.69) is 0 Å². The molecular formula is C12H8Cl2F2OS. The number of ether oxygens (including phenoxy) is 1. The molecule has 0 saturated carbocycles. The molecule has 1 unspecified atom stereocenters. The van der Waals surface area contributed by atoms with Gasteiger partial charge >= 0.3 is 0 Å². The van der Waals surface area contributed by atoms with E-state index >= 15 is 0 Å². The van der Waals surface area contributed by atoms with Gasteiger partial charge in [-0.25, -0.2) is 8.78 Å². The Kier molecular flexibility index (Phi) is 4.10. The third kappa shape index (κ3) is 2.46. The van der Waals surface area contributed by atoms with E-state index in [9.17, 15) is 8.78 Å². The summed E-state index contributed by atoms with van der Waals surface area (Å²) in [6.07, 6.45) is 0. The zero-order valence-electron chi connectivity index (χ0n) is 9.22. The normalized spacial score (nSPS) is 12.5. The van der Waals surface area contributed by atoms with Crippen LogP contribution < -0.4 is 4.74 Å². The Morgan fingerprint density at radius 3 is 2.61 bits per heavy atom. The zero-order valence-corrected chi connectivity index (χ0v) is 11.5. The molecule has 18 heavy (non-hydrogen) atoms. The number of methoxy groups -OCH3 is 1. The molecule has 2 rings (SSSR count). The summed E-state index contributed by atoms with van der Waals surface area (Å²) in [6, 6.07) is 3.68. The molecule has 0 bridgehead atoms. The van der Waals surface area contributed by atoms with E-state index < -0.39 is 17.0 Å². The minimum atomic E-state index is -0.995. The van der Waals surface area contributed by atoms with Crippen LogP contribution in [-0.4, -0.2) is 7.11 Å². The number of benzene rings is 1. The third-order valence-electron chi connectivity index (χ3n) is 2.42. The van der Waals surface area contributed by atoms with Crippen molar-refractivity contribution in [2.24, 2.45) is 0 Å². The van der Waals surface area contributed by atoms with Crippen LogP contribution in [0, 0.1) is 11.6 Å². The minimum Gasteiger partial charge on any atom is -0.496 e. The Balaban J connectivity index is 2.46. The van der Waals surface area contributed by atoms with E-state index in [1.807, 2.05) is 0 Å². The lowest BCUT2D eigenvalue weighted by Crippen LogP contribution is -1.97. The van der Waals surface area contributed by atoms with Crippen LogP contribution in [0.3, 0.4) is 0 Å². The van der Waals surface area contributed by atoms with Crippen molar-refractivity contribution in [3.8, 4) is 5.75 Å². The number of alkyl halides is 1. The monoisotopic (exact) mass is 308 g/mol. The smallest absolute Gasteiger partial charge is 0.160 e. The van der Waals surface area contributed by atoms with Crippen LogP contribution in [0.5, 0.6) is 5.75 Å². The fraction of sp³-hybridized carbons (Fsp3) is 0.167. The van der Waals surface area contributed by atoms with Crippen LogP contribution in [0.2, 0.25) is 5.02 Å². The van der Waals surface area contributed by atoms with Gasteiger partial charge in [-0.05, 0) is 29.1 Å². The first-order valence-corrected chi connectivity index (χ1v) is 6.64. The minimum absolute atomic E-state index is 0.0874. The van der Waals surface area contributed by atoms with E-state index in [0.717, 1.165) is 12.1 Å². The lowest BCUT2D eigenvalue weighted by atomic mass is 10.1. The highest BCUT2D eigenvalue weighted by Crippen LogP contribution is 2.41. The van der Waals surface area contributed by atoms with Crippen molar-refractivity contribution in [3.05, 3.63) is 50.7 Å². The second kappa shape index (κ2) is 5.43. The molecule has 0 fully saturated rings. The Hall–Kier alpha value is -0.840. The summed E-state index contributed by atoms with van der Waals surface area (Å²) >= 11 is 13.5. The van der Waals surface area contributed by atoms with Crippen molar-refractivity contribution in [2.45, 2.75) is 5.38 Å². The van der Waals surface area contributed by atoms with Gasteiger partial charge in [0.05, 0.1) is 17.4 Å². The average Bonchev–Trinajstić information content (AvgIpc) is 2.81. The van der Waals surface area contributed by atoms with Crippen LogP contribution in [0.25, 0.3) is 0 Å². The van der Waals surface area contributed by atoms with Crippen LogP contribution in [0.1, 0.15) is 15.8 Å². The number of hydrogen-bond donors (Lipinski definition) is 0. The van der Waals surface area contributed by atoms with E-state index in [1.54, 1.807) is 11.4 Å². The molecule has 6 heteroatoms. The fourth-order valence-corrected chi connectivity index (χ4v) is 3.15. The summed E-state index contributed by atoms with van der Waals surface area (Å²) in [4.78, 5) is 0.701. The molecule has 0 saturated heterocycles. The van der Waals surface area contributed by atoms with Crippen molar-refractivity contribution >= 4 is 34.5 Å². The predicted octanol–water partition coefficient (Wildman–Crippen LogP) is 5.02. The van der Waals surface area contributed by atoms with Crippen LogP contribution >= 0.6 is 34.5 Å². The molecule has 96 valence electrons. The third-order valence-corrected chi connectivity index (χ3v) is 4.29. The van der Waals surface area contributed by atoms with Gasteiger partial charge in [0.2, 0.25) is 0 Å². The highest BCUT2D eigenvalue weighted by Gasteiger charge is 2.21. The van der Waals surface area contributed by atoms with E-state index in [4.69, 9.17) is 27.9 Å². The molecule has 0 N–H and O–H groups in total. The van der Waals surface area contributed by atoms with Gasteiger partial charge in [0.1, 0.15) is 5.75 Å². The summed E-state index contributed by atoms with van der Waals surface area (Å²) in [5.41, 5.74) is 0.318. The van der Waals surface area contributed by atoms with Gasteiger partial charge in [0.15, 0.2) is 11.6 Å². The molecule has 0 aliphatic carbocycles. The molecule has 0 radical (unpaired) electrons. The van der Waals surface area contributed by atoms with E-state index in [-0.39, 0.29) is 5.02 Å². The summed E-state index contributed by atoms with van der Waals surface area (Å²) < 4.78 is 31.3. The molecule has 1 aromatic carbocycles. The maximum Gasteiger partial charge on any atom is 0.160 e. The maximum atomic E-state index is 13.2. The molecule has 1 nitrogen and oxygen atoms in total. The van der Waals surface area contributed by atoms with Gasteiger partial charge in [-0.1, -0.05) is 11.6 Å². The number of rotatable bonds is 3. The fourth-order valence-electron chi connectivity index (χ4n) is 1.54. The molecule has 0 amide bonds. The largest absolute Gasteiger partial charge is 0.496 e. The molecular weight excluding hydrogens is 301 g/mol. The van der Waals surface area contributed by atoms with E-state index in [1.165, 1.54) is 18.4 Å². The topological polar surface area (TPSA) is 9.23 Å². The van der Waals surface area contributed by atoms with Gasteiger partial charge in [-0.3, -0.25) is 0 Å². The molecule has 0 spiro atoms. The van der Waals surface area contributed by atoms with Crippen molar-refractivity contribution in [3.63, 3.8) is 0 Å². The quantitative estimate of drug-likeness (QED) is 0.571. The Morgan fingerprint density at radius 2 is 1.94 bits per heavy atom.